The third-order valence-corrected chi connectivity index (χ3v) is 6.40. The average Bonchev–Trinajstić information content (AvgIpc) is 2.74. The fourth-order valence-electron chi connectivity index (χ4n) is 4.68. The number of hydrogen-bond acceptors (Lipinski definition) is 4. The fraction of sp³-hybridized carbons (Fsp3) is 0.500. The van der Waals surface area contributed by atoms with Crippen LogP contribution in [0.4, 0.5) is 0 Å². The number of aliphatic hydroxyl groups excluding tert-OH is 1. The minimum absolute atomic E-state index is 0.0415. The van der Waals surface area contributed by atoms with Gasteiger partial charge in [0.15, 0.2) is 0 Å². The Morgan fingerprint density at radius 2 is 1.43 bits per heavy atom. The lowest BCUT2D eigenvalue weighted by Gasteiger charge is -2.51. The molecule has 2 fully saturated rings. The van der Waals surface area contributed by atoms with Gasteiger partial charge in [0.25, 0.3) is 0 Å². The van der Waals surface area contributed by atoms with Crippen molar-refractivity contribution in [1.29, 1.82) is 0 Å². The third-order valence-electron chi connectivity index (χ3n) is 6.40. The highest BCUT2D eigenvalue weighted by atomic mass is 16.5. The van der Waals surface area contributed by atoms with Crippen molar-refractivity contribution in [2.45, 2.75) is 44.6 Å². The number of benzene rings is 2. The lowest BCUT2D eigenvalue weighted by Crippen LogP contribution is -2.61. The first-order chi connectivity index (χ1) is 13.8. The molecule has 2 aromatic rings. The van der Waals surface area contributed by atoms with E-state index in [0.29, 0.717) is 32.3 Å². The number of piperidine rings is 1. The van der Waals surface area contributed by atoms with Gasteiger partial charge in [-0.25, -0.2) is 0 Å². The van der Waals surface area contributed by atoms with Gasteiger partial charge < -0.3 is 19.9 Å². The first kappa shape index (κ1) is 19.6. The Hall–Kier alpha value is -1.72. The molecule has 2 N–H and O–H groups in total. The predicted molar refractivity (Wildman–Crippen MR) is 110 cm³/mol. The molecule has 2 bridgehead atoms. The Kier molecular flexibility index (Phi) is 6.43. The van der Waals surface area contributed by atoms with Crippen molar-refractivity contribution in [3.05, 3.63) is 71.8 Å². The van der Waals surface area contributed by atoms with Crippen LogP contribution in [0.5, 0.6) is 0 Å². The van der Waals surface area contributed by atoms with Gasteiger partial charge in [-0.15, -0.1) is 0 Å². The van der Waals surface area contributed by atoms with Crippen LogP contribution >= 0.6 is 0 Å². The predicted octanol–water partition coefficient (Wildman–Crippen LogP) is 3.54. The summed E-state index contributed by atoms with van der Waals surface area (Å²) >= 11 is 0. The van der Waals surface area contributed by atoms with Gasteiger partial charge in [-0.2, -0.15) is 0 Å². The lowest BCUT2D eigenvalue weighted by molar-refractivity contribution is -0.106. The van der Waals surface area contributed by atoms with Crippen molar-refractivity contribution >= 4 is 0 Å². The minimum Gasteiger partial charge on any atom is -0.392 e. The molecule has 0 spiro atoms. The van der Waals surface area contributed by atoms with E-state index in [1.54, 1.807) is 0 Å². The molecule has 2 unspecified atom stereocenters. The number of fused-ring (bicyclic) bond motifs is 2. The summed E-state index contributed by atoms with van der Waals surface area (Å²) in [6.07, 6.45) is 2.69. The summed E-state index contributed by atoms with van der Waals surface area (Å²) < 4.78 is 12.4. The molecular weight excluding hydrogens is 350 g/mol. The van der Waals surface area contributed by atoms with Crippen LogP contribution in [0, 0.1) is 11.3 Å². The van der Waals surface area contributed by atoms with Gasteiger partial charge in [0.1, 0.15) is 0 Å². The molecule has 1 heterocycles. The van der Waals surface area contributed by atoms with Crippen molar-refractivity contribution in [2.24, 2.45) is 11.3 Å². The van der Waals surface area contributed by atoms with Crippen LogP contribution < -0.4 is 5.32 Å². The number of aliphatic hydroxyl groups is 1. The summed E-state index contributed by atoms with van der Waals surface area (Å²) in [4.78, 5) is 0. The summed E-state index contributed by atoms with van der Waals surface area (Å²) in [5.41, 5.74) is 2.35. The fourth-order valence-corrected chi connectivity index (χ4v) is 4.68. The zero-order valence-electron chi connectivity index (χ0n) is 16.4. The van der Waals surface area contributed by atoms with E-state index in [1.807, 2.05) is 36.4 Å². The van der Waals surface area contributed by atoms with E-state index in [1.165, 1.54) is 11.1 Å². The van der Waals surface area contributed by atoms with Gasteiger partial charge in [-0.1, -0.05) is 60.7 Å². The van der Waals surface area contributed by atoms with Crippen molar-refractivity contribution in [1.82, 2.24) is 5.32 Å². The molecule has 28 heavy (non-hydrogen) atoms. The van der Waals surface area contributed by atoms with E-state index in [9.17, 15) is 5.11 Å². The van der Waals surface area contributed by atoms with Crippen molar-refractivity contribution < 1.29 is 14.6 Å². The molecule has 4 nitrogen and oxygen atoms in total. The zero-order chi connectivity index (χ0) is 19.2. The van der Waals surface area contributed by atoms with Crippen LogP contribution in [0.2, 0.25) is 0 Å². The second-order valence-corrected chi connectivity index (χ2v) is 8.38. The molecule has 1 saturated heterocycles. The molecule has 2 aromatic carbocycles. The summed E-state index contributed by atoms with van der Waals surface area (Å²) in [6, 6.07) is 20.9. The van der Waals surface area contributed by atoms with E-state index in [2.05, 4.69) is 29.6 Å². The van der Waals surface area contributed by atoms with Crippen molar-refractivity contribution in [3.8, 4) is 0 Å². The number of rotatable bonds is 8. The second kappa shape index (κ2) is 9.19. The standard InChI is InChI=1S/C24H31NO3/c26-23-12-11-21-13-22(23)25-16-24(21,17-27-14-19-7-3-1-4-8-19)18-28-15-20-9-5-2-6-10-20/h1-10,21-23,25-26H,11-18H2/t21?,22?,23-/m0/s1. The highest BCUT2D eigenvalue weighted by molar-refractivity contribution is 5.14. The van der Waals surface area contributed by atoms with E-state index < -0.39 is 0 Å². The zero-order valence-corrected chi connectivity index (χ0v) is 16.4. The van der Waals surface area contributed by atoms with E-state index in [0.717, 1.165) is 25.8 Å². The van der Waals surface area contributed by atoms with E-state index >= 15 is 0 Å². The highest BCUT2D eigenvalue weighted by Crippen LogP contribution is 2.43. The molecule has 0 aromatic heterocycles. The molecule has 0 radical (unpaired) electrons. The molecule has 1 saturated carbocycles. The Balaban J connectivity index is 1.40. The molecule has 3 atom stereocenters. The maximum absolute atomic E-state index is 10.2. The molecular formula is C24H31NO3. The molecule has 4 rings (SSSR count). The SMILES string of the molecule is O[C@H]1CCC2CC1NCC2(COCc1ccccc1)COCc1ccccc1. The van der Waals surface area contributed by atoms with Crippen LogP contribution in [-0.2, 0) is 22.7 Å². The Labute approximate surface area is 167 Å². The summed E-state index contributed by atoms with van der Waals surface area (Å²) in [5.74, 6) is 0.522. The van der Waals surface area contributed by atoms with Gasteiger partial charge in [-0.3, -0.25) is 0 Å². The largest absolute Gasteiger partial charge is 0.392 e. The van der Waals surface area contributed by atoms with Crippen LogP contribution in [0.25, 0.3) is 0 Å². The minimum atomic E-state index is -0.218. The van der Waals surface area contributed by atoms with Gasteiger partial charge >= 0.3 is 0 Å². The first-order valence-corrected chi connectivity index (χ1v) is 10.4. The molecule has 2 aliphatic rings. The van der Waals surface area contributed by atoms with E-state index in [4.69, 9.17) is 9.47 Å². The molecule has 1 aliphatic heterocycles. The summed E-state index contributed by atoms with van der Waals surface area (Å²) in [6.45, 7) is 3.44. The van der Waals surface area contributed by atoms with Crippen molar-refractivity contribution in [2.75, 3.05) is 19.8 Å². The van der Waals surface area contributed by atoms with Gasteiger partial charge in [0, 0.05) is 18.0 Å². The number of hydrogen-bond donors (Lipinski definition) is 2. The van der Waals surface area contributed by atoms with Gasteiger partial charge in [0.2, 0.25) is 0 Å². The molecule has 1 aliphatic carbocycles. The Morgan fingerprint density at radius 3 is 2.00 bits per heavy atom. The quantitative estimate of drug-likeness (QED) is 0.734. The topological polar surface area (TPSA) is 50.7 Å². The number of ether oxygens (including phenoxy) is 2. The average molecular weight is 382 g/mol. The summed E-state index contributed by atoms with van der Waals surface area (Å²) in [7, 11) is 0. The van der Waals surface area contributed by atoms with Crippen LogP contribution in [0.1, 0.15) is 30.4 Å². The lowest BCUT2D eigenvalue weighted by atomic mass is 9.64. The van der Waals surface area contributed by atoms with Crippen LogP contribution in [-0.4, -0.2) is 37.0 Å². The smallest absolute Gasteiger partial charge is 0.0717 e. The van der Waals surface area contributed by atoms with Crippen LogP contribution in [0.3, 0.4) is 0 Å². The van der Waals surface area contributed by atoms with Crippen LogP contribution in [0.15, 0.2) is 60.7 Å². The monoisotopic (exact) mass is 381 g/mol. The molecule has 150 valence electrons. The van der Waals surface area contributed by atoms with Gasteiger partial charge in [0.05, 0.1) is 32.5 Å². The van der Waals surface area contributed by atoms with Crippen molar-refractivity contribution in [3.63, 3.8) is 0 Å². The summed E-state index contributed by atoms with van der Waals surface area (Å²) in [5, 5.41) is 13.8. The third kappa shape index (κ3) is 4.64. The Morgan fingerprint density at radius 1 is 0.857 bits per heavy atom. The van der Waals surface area contributed by atoms with E-state index in [-0.39, 0.29) is 17.6 Å². The second-order valence-electron chi connectivity index (χ2n) is 8.38. The molecule has 4 heteroatoms. The molecule has 0 amide bonds. The first-order valence-electron chi connectivity index (χ1n) is 10.4. The number of nitrogens with one attached hydrogen (secondary N) is 1. The maximum atomic E-state index is 10.2. The normalized spacial score (nSPS) is 26.1. The highest BCUT2D eigenvalue weighted by Gasteiger charge is 2.47. The van der Waals surface area contributed by atoms with Gasteiger partial charge in [-0.05, 0) is 36.3 Å². The Bertz CT molecular complexity index is 676. The maximum Gasteiger partial charge on any atom is 0.0717 e.